The van der Waals surface area contributed by atoms with E-state index in [1.807, 2.05) is 0 Å². The van der Waals surface area contributed by atoms with E-state index >= 15 is 0 Å². The van der Waals surface area contributed by atoms with Crippen molar-refractivity contribution >= 4 is 22.6 Å². The molecule has 1 saturated carbocycles. The molecule has 122 valence electrons. The SMILES string of the molecule is CNNc1c(F)c(F)c(F)c2c1c(=O)c(C(=O)O)cn2C1CC1. The summed E-state index contributed by atoms with van der Waals surface area (Å²) in [7, 11) is 1.34. The van der Waals surface area contributed by atoms with Gasteiger partial charge in [-0.3, -0.25) is 4.79 Å². The molecule has 6 nitrogen and oxygen atoms in total. The molecule has 0 bridgehead atoms. The number of aromatic nitrogens is 1. The Morgan fingerprint density at radius 1 is 1.26 bits per heavy atom. The molecule has 1 aromatic heterocycles. The standard InChI is InChI=1S/C14H12F3N3O3/c1-18-19-11-7-12(10(17)8(15)9(11)16)20(5-2-3-5)4-6(13(7)21)14(22)23/h4-5,18-19H,2-3H2,1H3,(H,22,23). The Morgan fingerprint density at radius 3 is 2.43 bits per heavy atom. The summed E-state index contributed by atoms with van der Waals surface area (Å²) in [4.78, 5) is 23.6. The van der Waals surface area contributed by atoms with Crippen molar-refractivity contribution in [3.63, 3.8) is 0 Å². The predicted octanol–water partition coefficient (Wildman–Crippen LogP) is 2.00. The van der Waals surface area contributed by atoms with Crippen LogP contribution in [0.5, 0.6) is 0 Å². The van der Waals surface area contributed by atoms with Gasteiger partial charge in [0.05, 0.1) is 10.9 Å². The maximum absolute atomic E-state index is 14.3. The van der Waals surface area contributed by atoms with Gasteiger partial charge in [-0.05, 0) is 12.8 Å². The monoisotopic (exact) mass is 327 g/mol. The highest BCUT2D eigenvalue weighted by atomic mass is 19.2. The summed E-state index contributed by atoms with van der Waals surface area (Å²) in [5, 5.41) is 8.62. The van der Waals surface area contributed by atoms with Gasteiger partial charge in [0.25, 0.3) is 0 Å². The average Bonchev–Trinajstić information content (AvgIpc) is 3.33. The van der Waals surface area contributed by atoms with Crippen molar-refractivity contribution in [2.75, 3.05) is 12.5 Å². The van der Waals surface area contributed by atoms with Crippen molar-refractivity contribution in [3.05, 3.63) is 39.4 Å². The maximum Gasteiger partial charge on any atom is 0.341 e. The predicted molar refractivity (Wildman–Crippen MR) is 76.0 cm³/mol. The summed E-state index contributed by atoms with van der Waals surface area (Å²) in [5.74, 6) is -6.36. The fourth-order valence-corrected chi connectivity index (χ4v) is 2.54. The Balaban J connectivity index is 2.56. The Kier molecular flexibility index (Phi) is 3.52. The quantitative estimate of drug-likeness (QED) is 0.591. The topological polar surface area (TPSA) is 83.4 Å². The zero-order chi connectivity index (χ0) is 16.9. The second-order valence-electron chi connectivity index (χ2n) is 5.23. The van der Waals surface area contributed by atoms with Crippen LogP contribution in [-0.2, 0) is 0 Å². The van der Waals surface area contributed by atoms with Gasteiger partial charge in [-0.2, -0.15) is 0 Å². The summed E-state index contributed by atoms with van der Waals surface area (Å²) in [6.07, 6.45) is 2.24. The minimum atomic E-state index is -1.73. The second-order valence-corrected chi connectivity index (χ2v) is 5.23. The van der Waals surface area contributed by atoms with Crippen LogP contribution in [0.25, 0.3) is 10.9 Å². The number of hydrogen-bond donors (Lipinski definition) is 3. The molecule has 1 aliphatic rings. The van der Waals surface area contributed by atoms with Crippen molar-refractivity contribution in [2.45, 2.75) is 18.9 Å². The summed E-state index contributed by atoms with van der Waals surface area (Å²) in [6, 6.07) is -0.252. The zero-order valence-electron chi connectivity index (χ0n) is 11.9. The molecule has 3 rings (SSSR count). The molecule has 0 saturated heterocycles. The number of halogens is 3. The van der Waals surface area contributed by atoms with Crippen LogP contribution in [0, 0.1) is 17.5 Å². The van der Waals surface area contributed by atoms with Gasteiger partial charge in [-0.15, -0.1) is 0 Å². The summed E-state index contributed by atoms with van der Waals surface area (Å²) in [5.41, 5.74) is 1.79. The highest BCUT2D eigenvalue weighted by Crippen LogP contribution is 2.39. The normalized spacial score (nSPS) is 14.3. The molecule has 0 aliphatic heterocycles. The first-order chi connectivity index (χ1) is 10.9. The summed E-state index contributed by atoms with van der Waals surface area (Å²) < 4.78 is 43.3. The Bertz CT molecular complexity index is 891. The van der Waals surface area contributed by atoms with Crippen LogP contribution in [0.3, 0.4) is 0 Å². The number of carbonyl (C=O) groups is 1. The fourth-order valence-electron chi connectivity index (χ4n) is 2.54. The number of anilines is 1. The first-order valence-corrected chi connectivity index (χ1v) is 6.79. The third kappa shape index (κ3) is 2.24. The maximum atomic E-state index is 14.3. The van der Waals surface area contributed by atoms with Gasteiger partial charge in [0.2, 0.25) is 5.43 Å². The average molecular weight is 327 g/mol. The van der Waals surface area contributed by atoms with E-state index in [4.69, 9.17) is 5.11 Å². The first kappa shape index (κ1) is 15.3. The van der Waals surface area contributed by atoms with Crippen molar-refractivity contribution < 1.29 is 23.1 Å². The lowest BCUT2D eigenvalue weighted by Crippen LogP contribution is -2.24. The van der Waals surface area contributed by atoms with Gasteiger partial charge in [0.15, 0.2) is 17.5 Å². The summed E-state index contributed by atoms with van der Waals surface area (Å²) >= 11 is 0. The number of carboxylic acids is 1. The minimum absolute atomic E-state index is 0.252. The highest BCUT2D eigenvalue weighted by Gasteiger charge is 2.32. The van der Waals surface area contributed by atoms with Gasteiger partial charge < -0.3 is 15.1 Å². The number of hydrogen-bond acceptors (Lipinski definition) is 4. The number of aromatic carboxylic acids is 1. The fraction of sp³-hybridized carbons (Fsp3) is 0.286. The van der Waals surface area contributed by atoms with Crippen LogP contribution >= 0.6 is 0 Å². The van der Waals surface area contributed by atoms with Crippen molar-refractivity contribution in [1.82, 2.24) is 9.99 Å². The van der Waals surface area contributed by atoms with E-state index in [1.54, 1.807) is 0 Å². The van der Waals surface area contributed by atoms with Crippen LogP contribution in [-0.4, -0.2) is 22.7 Å². The second kappa shape index (κ2) is 5.27. The molecule has 2 aromatic rings. The van der Waals surface area contributed by atoms with Gasteiger partial charge >= 0.3 is 5.97 Å². The number of carboxylic acid groups (broad SMARTS) is 1. The number of rotatable bonds is 4. The molecule has 0 spiro atoms. The number of nitrogens with one attached hydrogen (secondary N) is 2. The molecule has 3 N–H and O–H groups in total. The Hall–Kier alpha value is -2.55. The molecule has 0 amide bonds. The molecule has 9 heteroatoms. The highest BCUT2D eigenvalue weighted by molar-refractivity contribution is 5.98. The van der Waals surface area contributed by atoms with Crippen LogP contribution < -0.4 is 16.3 Å². The van der Waals surface area contributed by atoms with Gasteiger partial charge in [-0.1, -0.05) is 0 Å². The molecule has 0 atom stereocenters. The van der Waals surface area contributed by atoms with Gasteiger partial charge in [-0.25, -0.2) is 23.4 Å². The molecule has 1 aromatic carbocycles. The van der Waals surface area contributed by atoms with E-state index in [2.05, 4.69) is 10.9 Å². The van der Waals surface area contributed by atoms with E-state index in [0.29, 0.717) is 12.8 Å². The molecule has 0 radical (unpaired) electrons. The van der Waals surface area contributed by atoms with Gasteiger partial charge in [0, 0.05) is 19.3 Å². The van der Waals surface area contributed by atoms with E-state index in [1.165, 1.54) is 11.6 Å². The number of nitrogens with zero attached hydrogens (tertiary/aromatic N) is 1. The molecule has 1 fully saturated rings. The number of fused-ring (bicyclic) bond motifs is 1. The molecule has 0 unspecified atom stereocenters. The molecule has 1 aliphatic carbocycles. The van der Waals surface area contributed by atoms with E-state index in [9.17, 15) is 22.8 Å². The smallest absolute Gasteiger partial charge is 0.341 e. The molecular formula is C14H12F3N3O3. The lowest BCUT2D eigenvalue weighted by Gasteiger charge is -2.16. The Labute approximate surface area is 127 Å². The third-order valence-electron chi connectivity index (χ3n) is 3.72. The third-order valence-corrected chi connectivity index (χ3v) is 3.72. The molecular weight excluding hydrogens is 315 g/mol. The largest absolute Gasteiger partial charge is 0.477 e. The van der Waals surface area contributed by atoms with Crippen LogP contribution in [0.15, 0.2) is 11.0 Å². The van der Waals surface area contributed by atoms with E-state index < -0.39 is 51.0 Å². The lowest BCUT2D eigenvalue weighted by atomic mass is 10.1. The van der Waals surface area contributed by atoms with Crippen molar-refractivity contribution in [2.24, 2.45) is 0 Å². The van der Waals surface area contributed by atoms with Crippen molar-refractivity contribution in [3.8, 4) is 0 Å². The van der Waals surface area contributed by atoms with Gasteiger partial charge in [0.1, 0.15) is 11.3 Å². The van der Waals surface area contributed by atoms with Crippen LogP contribution in [0.4, 0.5) is 18.9 Å². The summed E-state index contributed by atoms with van der Waals surface area (Å²) in [6.45, 7) is 0. The van der Waals surface area contributed by atoms with Crippen LogP contribution in [0.2, 0.25) is 0 Å². The number of benzene rings is 1. The van der Waals surface area contributed by atoms with Crippen molar-refractivity contribution in [1.29, 1.82) is 0 Å². The number of hydrazine groups is 1. The molecule has 23 heavy (non-hydrogen) atoms. The first-order valence-electron chi connectivity index (χ1n) is 6.79. The van der Waals surface area contributed by atoms with Crippen LogP contribution in [0.1, 0.15) is 29.2 Å². The zero-order valence-corrected chi connectivity index (χ0v) is 11.9. The number of pyridine rings is 1. The van der Waals surface area contributed by atoms with E-state index in [-0.39, 0.29) is 6.04 Å². The molecule has 1 heterocycles. The minimum Gasteiger partial charge on any atom is -0.477 e. The Morgan fingerprint density at radius 2 is 1.91 bits per heavy atom. The van der Waals surface area contributed by atoms with E-state index in [0.717, 1.165) is 6.20 Å². The lowest BCUT2D eigenvalue weighted by molar-refractivity contribution is 0.0695.